The Morgan fingerprint density at radius 2 is 2.04 bits per heavy atom. The Balaban J connectivity index is 1.52. The van der Waals surface area contributed by atoms with Crippen molar-refractivity contribution in [2.45, 2.75) is 18.6 Å². The Kier molecular flexibility index (Phi) is 7.25. The summed E-state index contributed by atoms with van der Waals surface area (Å²) in [5.74, 6) is 1.02. The maximum atomic E-state index is 12.1. The molecule has 144 valence electrons. The van der Waals surface area contributed by atoms with E-state index < -0.39 is 0 Å². The summed E-state index contributed by atoms with van der Waals surface area (Å²) in [5, 5.41) is 3.82. The molecule has 0 aromatic carbocycles. The van der Waals surface area contributed by atoms with Gasteiger partial charge in [0.25, 0.3) is 0 Å². The number of hydrogen-bond donors (Lipinski definition) is 2. The molecular formula is C18H24ClN6OS+. The second-order valence-electron chi connectivity index (χ2n) is 6.34. The van der Waals surface area contributed by atoms with Gasteiger partial charge in [0, 0.05) is 25.0 Å². The number of hydrogen-bond acceptors (Lipinski definition) is 6. The van der Waals surface area contributed by atoms with Crippen LogP contribution in [0.15, 0.2) is 35.7 Å². The van der Waals surface area contributed by atoms with Crippen molar-refractivity contribution in [3.8, 4) is 0 Å². The monoisotopic (exact) mass is 407 g/mol. The first-order valence-corrected chi connectivity index (χ1v) is 10.4. The summed E-state index contributed by atoms with van der Waals surface area (Å²) < 4.78 is 0. The number of carbonyl (C=O) groups excluding carboxylic acids is 1. The summed E-state index contributed by atoms with van der Waals surface area (Å²) in [6.07, 6.45) is 3.42. The summed E-state index contributed by atoms with van der Waals surface area (Å²) in [4.78, 5) is 28.7. The number of thioether (sulfide) groups is 1. The van der Waals surface area contributed by atoms with Crippen LogP contribution in [0.4, 0.5) is 5.82 Å². The molecule has 1 aliphatic heterocycles. The second-order valence-corrected chi connectivity index (χ2v) is 7.67. The maximum absolute atomic E-state index is 12.1. The largest absolute Gasteiger partial charge is 0.351 e. The van der Waals surface area contributed by atoms with Crippen molar-refractivity contribution in [2.75, 3.05) is 43.4 Å². The molecule has 1 fully saturated rings. The molecule has 1 amide bonds. The number of carbonyl (C=O) groups is 1. The third kappa shape index (κ3) is 6.05. The summed E-state index contributed by atoms with van der Waals surface area (Å²) in [7, 11) is 0. The quantitative estimate of drug-likeness (QED) is 0.399. The zero-order valence-electron chi connectivity index (χ0n) is 15.3. The van der Waals surface area contributed by atoms with Crippen LogP contribution in [0.1, 0.15) is 12.5 Å². The molecule has 0 spiro atoms. The minimum absolute atomic E-state index is 0.0675. The van der Waals surface area contributed by atoms with E-state index in [0.29, 0.717) is 16.9 Å². The average Bonchev–Trinajstić information content (AvgIpc) is 2.71. The highest BCUT2D eigenvalue weighted by Crippen LogP contribution is 2.21. The number of anilines is 1. The van der Waals surface area contributed by atoms with Crippen molar-refractivity contribution < 1.29 is 9.69 Å². The number of quaternary nitrogens is 1. The second kappa shape index (κ2) is 9.87. The van der Waals surface area contributed by atoms with Crippen molar-refractivity contribution in [3.63, 3.8) is 0 Å². The lowest BCUT2D eigenvalue weighted by Crippen LogP contribution is -3.14. The number of rotatable bonds is 7. The Morgan fingerprint density at radius 3 is 2.74 bits per heavy atom. The highest BCUT2D eigenvalue weighted by atomic mass is 35.5. The fourth-order valence-corrected chi connectivity index (χ4v) is 3.81. The van der Waals surface area contributed by atoms with Gasteiger partial charge < -0.3 is 15.1 Å². The van der Waals surface area contributed by atoms with E-state index in [1.54, 1.807) is 23.4 Å². The van der Waals surface area contributed by atoms with Gasteiger partial charge in [-0.2, -0.15) is 0 Å². The molecule has 3 heterocycles. The van der Waals surface area contributed by atoms with Crippen LogP contribution in [0, 0.1) is 0 Å². The number of aromatic nitrogens is 3. The van der Waals surface area contributed by atoms with Crippen LogP contribution in [-0.4, -0.2) is 59.3 Å². The Hall–Kier alpha value is -1.90. The highest BCUT2D eigenvalue weighted by molar-refractivity contribution is 7.99. The van der Waals surface area contributed by atoms with Gasteiger partial charge in [0.05, 0.1) is 38.5 Å². The maximum Gasteiger partial charge on any atom is 0.230 e. The lowest BCUT2D eigenvalue weighted by molar-refractivity contribution is -0.898. The Morgan fingerprint density at radius 1 is 1.30 bits per heavy atom. The minimum atomic E-state index is -0.0675. The lowest BCUT2D eigenvalue weighted by Gasteiger charge is -2.32. The number of pyridine rings is 1. The van der Waals surface area contributed by atoms with E-state index in [1.807, 2.05) is 12.1 Å². The first kappa shape index (κ1) is 19.9. The van der Waals surface area contributed by atoms with E-state index in [0.717, 1.165) is 44.1 Å². The zero-order valence-corrected chi connectivity index (χ0v) is 16.9. The molecule has 1 saturated heterocycles. The van der Waals surface area contributed by atoms with E-state index in [2.05, 4.69) is 32.1 Å². The highest BCUT2D eigenvalue weighted by Gasteiger charge is 2.20. The first-order chi connectivity index (χ1) is 13.1. The SMILES string of the molecule is CC[NH+]1CCN(c2cc(Cl)nc(SCC(=O)NCc3ccncc3)n2)CC1. The minimum Gasteiger partial charge on any atom is -0.351 e. The molecule has 0 saturated carbocycles. The molecule has 0 aliphatic carbocycles. The van der Waals surface area contributed by atoms with Crippen molar-refractivity contribution in [3.05, 3.63) is 41.3 Å². The van der Waals surface area contributed by atoms with Crippen molar-refractivity contribution in [1.29, 1.82) is 0 Å². The van der Waals surface area contributed by atoms with Crippen LogP contribution in [0.5, 0.6) is 0 Å². The Labute approximate surface area is 168 Å². The summed E-state index contributed by atoms with van der Waals surface area (Å²) in [6, 6.07) is 5.55. The van der Waals surface area contributed by atoms with Crippen LogP contribution in [0.25, 0.3) is 0 Å². The predicted octanol–water partition coefficient (Wildman–Crippen LogP) is 0.658. The molecule has 2 aromatic heterocycles. The van der Waals surface area contributed by atoms with Crippen LogP contribution < -0.4 is 15.1 Å². The van der Waals surface area contributed by atoms with Crippen molar-refractivity contribution in [1.82, 2.24) is 20.3 Å². The van der Waals surface area contributed by atoms with Crippen LogP contribution in [0.2, 0.25) is 5.15 Å². The average molecular weight is 408 g/mol. The molecular weight excluding hydrogens is 384 g/mol. The van der Waals surface area contributed by atoms with Gasteiger partial charge >= 0.3 is 0 Å². The third-order valence-electron chi connectivity index (χ3n) is 4.53. The fourth-order valence-electron chi connectivity index (χ4n) is 2.90. The molecule has 2 N–H and O–H groups in total. The van der Waals surface area contributed by atoms with E-state index in [1.165, 1.54) is 11.8 Å². The summed E-state index contributed by atoms with van der Waals surface area (Å²) in [5.41, 5.74) is 1.01. The number of nitrogens with zero attached hydrogens (tertiary/aromatic N) is 4. The molecule has 7 nitrogen and oxygen atoms in total. The number of likely N-dealkylation sites (N-methyl/N-ethyl adjacent to an activating group) is 1. The van der Waals surface area contributed by atoms with Gasteiger partial charge in [0.1, 0.15) is 11.0 Å². The van der Waals surface area contributed by atoms with E-state index >= 15 is 0 Å². The molecule has 0 bridgehead atoms. The van der Waals surface area contributed by atoms with E-state index in [9.17, 15) is 4.79 Å². The molecule has 1 aliphatic rings. The number of piperazine rings is 1. The summed E-state index contributed by atoms with van der Waals surface area (Å²) in [6.45, 7) is 7.93. The van der Waals surface area contributed by atoms with Gasteiger partial charge in [-0.25, -0.2) is 9.97 Å². The van der Waals surface area contributed by atoms with Crippen molar-refractivity contribution in [2.24, 2.45) is 0 Å². The van der Waals surface area contributed by atoms with Gasteiger partial charge in [0.15, 0.2) is 5.16 Å². The van der Waals surface area contributed by atoms with Gasteiger partial charge in [-0.15, -0.1) is 0 Å². The number of nitrogens with one attached hydrogen (secondary N) is 2. The molecule has 3 rings (SSSR count). The molecule has 0 atom stereocenters. The van der Waals surface area contributed by atoms with Crippen molar-refractivity contribution >= 4 is 35.1 Å². The van der Waals surface area contributed by atoms with Gasteiger partial charge in [-0.3, -0.25) is 9.78 Å². The zero-order chi connectivity index (χ0) is 19.1. The third-order valence-corrected chi connectivity index (χ3v) is 5.57. The first-order valence-electron chi connectivity index (χ1n) is 9.05. The standard InChI is InChI=1S/C18H23ClN6OS/c1-2-24-7-9-25(10-8-24)16-11-15(19)22-18(23-16)27-13-17(26)21-12-14-3-5-20-6-4-14/h3-6,11H,2,7-10,12-13H2,1H3,(H,21,26)/p+1. The normalized spacial score (nSPS) is 15.0. The molecule has 27 heavy (non-hydrogen) atoms. The summed E-state index contributed by atoms with van der Waals surface area (Å²) >= 11 is 7.48. The van der Waals surface area contributed by atoms with Crippen LogP contribution in [0.3, 0.4) is 0 Å². The number of amides is 1. The van der Waals surface area contributed by atoms with Crippen LogP contribution in [-0.2, 0) is 11.3 Å². The molecule has 2 aromatic rings. The molecule has 0 radical (unpaired) electrons. The van der Waals surface area contributed by atoms with Gasteiger partial charge in [0.2, 0.25) is 5.91 Å². The predicted molar refractivity (Wildman–Crippen MR) is 107 cm³/mol. The fraction of sp³-hybridized carbons (Fsp3) is 0.444. The van der Waals surface area contributed by atoms with Gasteiger partial charge in [-0.1, -0.05) is 23.4 Å². The van der Waals surface area contributed by atoms with Crippen LogP contribution >= 0.6 is 23.4 Å². The molecule has 0 unspecified atom stereocenters. The topological polar surface area (TPSA) is 75.5 Å². The van der Waals surface area contributed by atoms with E-state index in [4.69, 9.17) is 11.6 Å². The smallest absolute Gasteiger partial charge is 0.230 e. The van der Waals surface area contributed by atoms with Gasteiger partial charge in [-0.05, 0) is 24.6 Å². The number of halogens is 1. The molecule has 9 heteroatoms. The van der Waals surface area contributed by atoms with E-state index in [-0.39, 0.29) is 11.7 Å². The lowest BCUT2D eigenvalue weighted by atomic mass is 10.3. The Bertz CT molecular complexity index is 755.